The second-order valence-corrected chi connectivity index (χ2v) is 6.57. The van der Waals surface area contributed by atoms with Crippen LogP contribution in [0.15, 0.2) is 24.3 Å². The minimum Gasteiger partial charge on any atom is -0.386 e. The number of hydrogen-bond donors (Lipinski definition) is 3. The van der Waals surface area contributed by atoms with Crippen LogP contribution >= 0.6 is 0 Å². The van der Waals surface area contributed by atoms with Crippen molar-refractivity contribution in [1.29, 1.82) is 5.41 Å². The lowest BCUT2D eigenvalue weighted by atomic mass is 10.0. The van der Waals surface area contributed by atoms with E-state index in [0.29, 0.717) is 5.56 Å². The average molecular weight is 332 g/mol. The Labute approximate surface area is 146 Å². The van der Waals surface area contributed by atoms with Crippen molar-refractivity contribution in [2.75, 3.05) is 0 Å². The topological polar surface area (TPSA) is 79.0 Å². The van der Waals surface area contributed by atoms with E-state index in [1.165, 1.54) is 56.9 Å². The quantitative estimate of drug-likeness (QED) is 0.301. The van der Waals surface area contributed by atoms with Crippen LogP contribution in [0.3, 0.4) is 0 Å². The molecule has 0 bridgehead atoms. The van der Waals surface area contributed by atoms with Crippen molar-refractivity contribution >= 4 is 11.7 Å². The van der Waals surface area contributed by atoms with Gasteiger partial charge < -0.3 is 11.1 Å². The third-order valence-electron chi connectivity index (χ3n) is 4.35. The van der Waals surface area contributed by atoms with Gasteiger partial charge >= 0.3 is 0 Å². The van der Waals surface area contributed by atoms with Gasteiger partial charge in [0.1, 0.15) is 5.84 Å². The molecule has 1 unspecified atom stereocenters. The highest BCUT2D eigenvalue weighted by Crippen LogP contribution is 2.12. The number of hydrogen-bond acceptors (Lipinski definition) is 2. The summed E-state index contributed by atoms with van der Waals surface area (Å²) in [7, 11) is 0. The highest BCUT2D eigenvalue weighted by molar-refractivity contribution is 5.97. The number of nitrogens with one attached hydrogen (secondary N) is 2. The van der Waals surface area contributed by atoms with Gasteiger partial charge in [0, 0.05) is 5.56 Å². The van der Waals surface area contributed by atoms with Crippen LogP contribution in [-0.4, -0.2) is 17.8 Å². The SMILES string of the molecule is CCCCCCCCCCc1ccc(C(=O)NC(C)C(=N)N)cc1. The second-order valence-electron chi connectivity index (χ2n) is 6.57. The van der Waals surface area contributed by atoms with Crippen molar-refractivity contribution in [3.8, 4) is 0 Å². The number of benzene rings is 1. The van der Waals surface area contributed by atoms with Crippen molar-refractivity contribution in [1.82, 2.24) is 5.32 Å². The molecule has 24 heavy (non-hydrogen) atoms. The number of amidine groups is 1. The van der Waals surface area contributed by atoms with Crippen LogP contribution in [0, 0.1) is 5.41 Å². The molecule has 0 spiro atoms. The lowest BCUT2D eigenvalue weighted by Gasteiger charge is -2.12. The fourth-order valence-corrected chi connectivity index (χ4v) is 2.64. The molecule has 1 aromatic carbocycles. The van der Waals surface area contributed by atoms with Gasteiger partial charge in [-0.15, -0.1) is 0 Å². The predicted molar refractivity (Wildman–Crippen MR) is 102 cm³/mol. The minimum absolute atomic E-state index is 0.0327. The van der Waals surface area contributed by atoms with Crippen LogP contribution in [-0.2, 0) is 6.42 Å². The highest BCUT2D eigenvalue weighted by Gasteiger charge is 2.11. The Morgan fingerprint density at radius 2 is 1.58 bits per heavy atom. The maximum absolute atomic E-state index is 12.0. The number of aryl methyl sites for hydroxylation is 1. The van der Waals surface area contributed by atoms with Crippen molar-refractivity contribution in [2.45, 2.75) is 77.7 Å². The largest absolute Gasteiger partial charge is 0.386 e. The molecular formula is C20H33N3O. The first-order valence-electron chi connectivity index (χ1n) is 9.28. The molecule has 1 aromatic rings. The van der Waals surface area contributed by atoms with E-state index in [1.54, 1.807) is 6.92 Å². The molecule has 0 saturated heterocycles. The third kappa shape index (κ3) is 8.14. The molecular weight excluding hydrogens is 298 g/mol. The summed E-state index contributed by atoms with van der Waals surface area (Å²) in [6.45, 7) is 3.95. The number of nitrogens with two attached hydrogens (primary N) is 1. The molecule has 1 rings (SSSR count). The summed E-state index contributed by atoms with van der Waals surface area (Å²) < 4.78 is 0. The van der Waals surface area contributed by atoms with Crippen LogP contribution in [0.4, 0.5) is 0 Å². The van der Waals surface area contributed by atoms with Crippen LogP contribution < -0.4 is 11.1 Å². The van der Waals surface area contributed by atoms with Crippen molar-refractivity contribution in [3.63, 3.8) is 0 Å². The van der Waals surface area contributed by atoms with E-state index < -0.39 is 6.04 Å². The summed E-state index contributed by atoms with van der Waals surface area (Å²) in [4.78, 5) is 12.0. The number of carbonyl (C=O) groups is 1. The standard InChI is InChI=1S/C20H33N3O/c1-3-4-5-6-7-8-9-10-11-17-12-14-18(15-13-17)20(24)23-16(2)19(21)22/h12-16H,3-11H2,1-2H3,(H3,21,22)(H,23,24). The molecule has 0 radical (unpaired) electrons. The lowest BCUT2D eigenvalue weighted by molar-refractivity contribution is 0.0949. The van der Waals surface area contributed by atoms with Gasteiger partial charge in [0.05, 0.1) is 6.04 Å². The van der Waals surface area contributed by atoms with E-state index in [4.69, 9.17) is 11.1 Å². The van der Waals surface area contributed by atoms with Gasteiger partial charge in [0.15, 0.2) is 0 Å². The van der Waals surface area contributed by atoms with E-state index in [9.17, 15) is 4.79 Å². The maximum atomic E-state index is 12.0. The van der Waals surface area contributed by atoms with Gasteiger partial charge in [0.25, 0.3) is 5.91 Å². The monoisotopic (exact) mass is 331 g/mol. The zero-order chi connectivity index (χ0) is 17.8. The van der Waals surface area contributed by atoms with Gasteiger partial charge in [-0.1, -0.05) is 64.0 Å². The molecule has 4 nitrogen and oxygen atoms in total. The third-order valence-corrected chi connectivity index (χ3v) is 4.35. The van der Waals surface area contributed by atoms with Gasteiger partial charge in [-0.05, 0) is 37.5 Å². The normalized spacial score (nSPS) is 11.9. The fourth-order valence-electron chi connectivity index (χ4n) is 2.64. The molecule has 134 valence electrons. The molecule has 0 saturated carbocycles. The molecule has 0 fully saturated rings. The summed E-state index contributed by atoms with van der Waals surface area (Å²) in [5.74, 6) is -0.217. The van der Waals surface area contributed by atoms with Crippen LogP contribution in [0.5, 0.6) is 0 Å². The van der Waals surface area contributed by atoms with Crippen LogP contribution in [0.25, 0.3) is 0 Å². The molecule has 0 heterocycles. The van der Waals surface area contributed by atoms with E-state index >= 15 is 0 Å². The lowest BCUT2D eigenvalue weighted by Crippen LogP contribution is -2.41. The first kappa shape index (κ1) is 20.2. The van der Waals surface area contributed by atoms with E-state index in [2.05, 4.69) is 12.2 Å². The van der Waals surface area contributed by atoms with Crippen LogP contribution in [0.2, 0.25) is 0 Å². The van der Waals surface area contributed by atoms with E-state index in [0.717, 1.165) is 6.42 Å². The molecule has 1 amide bonds. The van der Waals surface area contributed by atoms with Crippen LogP contribution in [0.1, 0.15) is 81.1 Å². The van der Waals surface area contributed by atoms with Gasteiger partial charge in [-0.2, -0.15) is 0 Å². The number of amides is 1. The minimum atomic E-state index is -0.436. The number of unbranched alkanes of at least 4 members (excludes halogenated alkanes) is 7. The van der Waals surface area contributed by atoms with Gasteiger partial charge in [-0.25, -0.2) is 0 Å². The summed E-state index contributed by atoms with van der Waals surface area (Å²) in [6, 6.07) is 7.31. The first-order chi connectivity index (χ1) is 11.5. The summed E-state index contributed by atoms with van der Waals surface area (Å²) in [5, 5.41) is 10.0. The maximum Gasteiger partial charge on any atom is 0.251 e. The highest BCUT2D eigenvalue weighted by atomic mass is 16.1. The summed E-state index contributed by atoms with van der Waals surface area (Å²) in [6.07, 6.45) is 11.7. The van der Waals surface area contributed by atoms with E-state index in [1.807, 2.05) is 24.3 Å². The smallest absolute Gasteiger partial charge is 0.251 e. The zero-order valence-electron chi connectivity index (χ0n) is 15.2. The molecule has 1 atom stereocenters. The van der Waals surface area contributed by atoms with Crippen molar-refractivity contribution < 1.29 is 4.79 Å². The number of rotatable bonds is 12. The molecule has 4 heteroatoms. The summed E-state index contributed by atoms with van der Waals surface area (Å²) >= 11 is 0. The Bertz CT molecular complexity index is 496. The Kier molecular flexibility index (Phi) is 9.81. The molecule has 0 aliphatic rings. The average Bonchev–Trinajstić information content (AvgIpc) is 2.57. The second kappa shape index (κ2) is 11.7. The van der Waals surface area contributed by atoms with Gasteiger partial charge in [0.2, 0.25) is 0 Å². The Morgan fingerprint density at radius 1 is 1.04 bits per heavy atom. The van der Waals surface area contributed by atoms with Crippen molar-refractivity contribution in [3.05, 3.63) is 35.4 Å². The fraction of sp³-hybridized carbons (Fsp3) is 0.600. The Morgan fingerprint density at radius 3 is 2.12 bits per heavy atom. The first-order valence-corrected chi connectivity index (χ1v) is 9.28. The molecule has 0 aliphatic carbocycles. The van der Waals surface area contributed by atoms with Crippen molar-refractivity contribution in [2.24, 2.45) is 5.73 Å². The molecule has 4 N–H and O–H groups in total. The Hall–Kier alpha value is -1.84. The molecule has 0 aliphatic heterocycles. The number of carbonyl (C=O) groups excluding carboxylic acids is 1. The zero-order valence-corrected chi connectivity index (χ0v) is 15.2. The Balaban J connectivity index is 2.25. The van der Waals surface area contributed by atoms with E-state index in [-0.39, 0.29) is 11.7 Å². The molecule has 0 aromatic heterocycles. The summed E-state index contributed by atoms with van der Waals surface area (Å²) in [5.41, 5.74) is 7.26. The van der Waals surface area contributed by atoms with Gasteiger partial charge in [-0.3, -0.25) is 10.2 Å². The predicted octanol–water partition coefficient (Wildman–Crippen LogP) is 4.42.